The number of pyridine rings is 1. The van der Waals surface area contributed by atoms with Crippen molar-refractivity contribution in [3.63, 3.8) is 0 Å². The Morgan fingerprint density at radius 1 is 1.43 bits per heavy atom. The number of nitrogens with zero attached hydrogens (tertiary/aromatic N) is 2. The van der Waals surface area contributed by atoms with E-state index in [0.29, 0.717) is 0 Å². The van der Waals surface area contributed by atoms with Gasteiger partial charge in [0.2, 0.25) is 0 Å². The summed E-state index contributed by atoms with van der Waals surface area (Å²) in [4.78, 5) is 15.9. The molecule has 1 heterocycles. The van der Waals surface area contributed by atoms with Gasteiger partial charge in [-0.3, -0.25) is 4.79 Å². The fourth-order valence-corrected chi connectivity index (χ4v) is 1.85. The number of hydrogen-bond acceptors (Lipinski definition) is 5. The third kappa shape index (κ3) is 3.25. The molecular formula is C13H9ClFN5O. The lowest BCUT2D eigenvalue weighted by Crippen LogP contribution is -2.15. The number of nitrogens with two attached hydrogens (primary N) is 1. The summed E-state index contributed by atoms with van der Waals surface area (Å²) in [6.07, 6.45) is 0. The third-order valence-corrected chi connectivity index (χ3v) is 2.77. The zero-order valence-electron chi connectivity index (χ0n) is 10.5. The predicted octanol–water partition coefficient (Wildman–Crippen LogP) is 2.28. The van der Waals surface area contributed by atoms with Crippen LogP contribution in [0.4, 0.5) is 15.9 Å². The second-order valence-corrected chi connectivity index (χ2v) is 4.32. The quantitative estimate of drug-likeness (QED) is 0.458. The van der Waals surface area contributed by atoms with Gasteiger partial charge in [-0.25, -0.2) is 15.2 Å². The van der Waals surface area contributed by atoms with Gasteiger partial charge in [-0.1, -0.05) is 17.7 Å². The maximum absolute atomic E-state index is 13.5. The molecule has 1 amide bonds. The number of carbonyl (C=O) groups excluding carboxylic acids is 1. The van der Waals surface area contributed by atoms with E-state index in [0.717, 1.165) is 6.07 Å². The van der Waals surface area contributed by atoms with Gasteiger partial charge in [-0.15, -0.1) is 0 Å². The molecule has 0 saturated carbocycles. The minimum absolute atomic E-state index is 0.0651. The Balaban J connectivity index is 2.33. The second kappa shape index (κ2) is 6.17. The van der Waals surface area contributed by atoms with E-state index >= 15 is 0 Å². The van der Waals surface area contributed by atoms with E-state index in [4.69, 9.17) is 22.7 Å². The average Bonchev–Trinajstić information content (AvgIpc) is 2.46. The summed E-state index contributed by atoms with van der Waals surface area (Å²) in [5.41, 5.74) is 2.25. The highest BCUT2D eigenvalue weighted by atomic mass is 35.5. The van der Waals surface area contributed by atoms with Crippen LogP contribution in [0.2, 0.25) is 5.15 Å². The standard InChI is InChI=1S/C13H9ClFN5O/c14-11-4-7(5-12(19-11)20-17)13(21)18-10-3-1-2-9(15)8(10)6-16/h1-5H,17H2,(H,18,21)(H,19,20). The fraction of sp³-hybridized carbons (Fsp3) is 0. The summed E-state index contributed by atoms with van der Waals surface area (Å²) in [6.45, 7) is 0. The van der Waals surface area contributed by atoms with Crippen LogP contribution in [-0.4, -0.2) is 10.9 Å². The number of halogens is 2. The predicted molar refractivity (Wildman–Crippen MR) is 76.1 cm³/mol. The number of carbonyl (C=O) groups is 1. The minimum Gasteiger partial charge on any atom is -0.321 e. The molecule has 2 rings (SSSR count). The SMILES string of the molecule is N#Cc1c(F)cccc1NC(=O)c1cc(Cl)nc(NN)c1. The lowest BCUT2D eigenvalue weighted by Gasteiger charge is -2.09. The highest BCUT2D eigenvalue weighted by molar-refractivity contribution is 6.30. The van der Waals surface area contributed by atoms with E-state index in [2.05, 4.69) is 15.7 Å². The number of nitrogen functional groups attached to an aromatic ring is 1. The van der Waals surface area contributed by atoms with E-state index in [1.165, 1.54) is 24.3 Å². The molecule has 6 nitrogen and oxygen atoms in total. The summed E-state index contributed by atoms with van der Waals surface area (Å²) >= 11 is 5.76. The molecule has 106 valence electrons. The number of nitriles is 1. The van der Waals surface area contributed by atoms with Crippen LogP contribution < -0.4 is 16.6 Å². The first-order valence-electron chi connectivity index (χ1n) is 5.69. The molecule has 4 N–H and O–H groups in total. The van der Waals surface area contributed by atoms with Crippen LogP contribution in [0.5, 0.6) is 0 Å². The number of aromatic nitrogens is 1. The first-order chi connectivity index (χ1) is 10.0. The molecule has 8 heteroatoms. The molecule has 0 aliphatic rings. The lowest BCUT2D eigenvalue weighted by atomic mass is 10.1. The molecule has 1 aromatic carbocycles. The van der Waals surface area contributed by atoms with Gasteiger partial charge in [0.25, 0.3) is 5.91 Å². The van der Waals surface area contributed by atoms with Crippen LogP contribution in [0.25, 0.3) is 0 Å². The van der Waals surface area contributed by atoms with Crippen molar-refractivity contribution >= 4 is 29.0 Å². The number of nitrogens with one attached hydrogen (secondary N) is 2. The molecule has 21 heavy (non-hydrogen) atoms. The van der Waals surface area contributed by atoms with Crippen LogP contribution in [0.1, 0.15) is 15.9 Å². The maximum Gasteiger partial charge on any atom is 0.255 e. The molecular weight excluding hydrogens is 297 g/mol. The Hall–Kier alpha value is -2.69. The van der Waals surface area contributed by atoms with Gasteiger partial charge < -0.3 is 10.7 Å². The topological polar surface area (TPSA) is 104 Å². The molecule has 0 saturated heterocycles. The van der Waals surface area contributed by atoms with E-state index in [-0.39, 0.29) is 27.8 Å². The van der Waals surface area contributed by atoms with Gasteiger partial charge >= 0.3 is 0 Å². The first kappa shape index (κ1) is 14.7. The smallest absolute Gasteiger partial charge is 0.255 e. The molecule has 1 aromatic heterocycles. The van der Waals surface area contributed by atoms with Crippen molar-refractivity contribution < 1.29 is 9.18 Å². The van der Waals surface area contributed by atoms with Crippen molar-refractivity contribution in [3.05, 3.63) is 52.4 Å². The van der Waals surface area contributed by atoms with E-state index in [1.54, 1.807) is 6.07 Å². The summed E-state index contributed by atoms with van der Waals surface area (Å²) in [7, 11) is 0. The summed E-state index contributed by atoms with van der Waals surface area (Å²) in [5.74, 6) is 4.12. The minimum atomic E-state index is -0.715. The van der Waals surface area contributed by atoms with Crippen LogP contribution in [0.15, 0.2) is 30.3 Å². The second-order valence-electron chi connectivity index (χ2n) is 3.94. The number of hydrazine groups is 1. The largest absolute Gasteiger partial charge is 0.321 e. The molecule has 0 unspecified atom stereocenters. The number of benzene rings is 1. The maximum atomic E-state index is 13.5. The Morgan fingerprint density at radius 2 is 2.19 bits per heavy atom. The highest BCUT2D eigenvalue weighted by Gasteiger charge is 2.13. The zero-order chi connectivity index (χ0) is 15.4. The van der Waals surface area contributed by atoms with Gasteiger partial charge in [0.15, 0.2) is 0 Å². The van der Waals surface area contributed by atoms with E-state index in [9.17, 15) is 9.18 Å². The molecule has 2 aromatic rings. The molecule has 0 atom stereocenters. The van der Waals surface area contributed by atoms with Gasteiger partial charge in [0.05, 0.1) is 5.69 Å². The molecule has 0 spiro atoms. The molecule has 0 aliphatic heterocycles. The van der Waals surface area contributed by atoms with Gasteiger partial charge in [-0.2, -0.15) is 5.26 Å². The zero-order valence-corrected chi connectivity index (χ0v) is 11.3. The summed E-state index contributed by atoms with van der Waals surface area (Å²) in [6, 6.07) is 8.33. The summed E-state index contributed by atoms with van der Waals surface area (Å²) < 4.78 is 13.5. The van der Waals surface area contributed by atoms with Crippen LogP contribution in [-0.2, 0) is 0 Å². The van der Waals surface area contributed by atoms with Crippen molar-refractivity contribution in [1.82, 2.24) is 4.98 Å². The van der Waals surface area contributed by atoms with Gasteiger partial charge in [-0.05, 0) is 24.3 Å². The molecule has 0 fully saturated rings. The lowest BCUT2D eigenvalue weighted by molar-refractivity contribution is 0.102. The summed E-state index contributed by atoms with van der Waals surface area (Å²) in [5, 5.41) is 11.4. The van der Waals surface area contributed by atoms with Crippen LogP contribution >= 0.6 is 11.6 Å². The Bertz CT molecular complexity index is 744. The number of rotatable bonds is 3. The van der Waals surface area contributed by atoms with E-state index < -0.39 is 11.7 Å². The average molecular weight is 306 g/mol. The van der Waals surface area contributed by atoms with Gasteiger partial charge in [0.1, 0.15) is 28.4 Å². The monoisotopic (exact) mass is 305 g/mol. The van der Waals surface area contributed by atoms with Crippen molar-refractivity contribution in [2.24, 2.45) is 5.84 Å². The molecule has 0 radical (unpaired) electrons. The fourth-order valence-electron chi connectivity index (χ4n) is 1.64. The third-order valence-electron chi connectivity index (χ3n) is 2.58. The molecule has 0 bridgehead atoms. The molecule has 0 aliphatic carbocycles. The van der Waals surface area contributed by atoms with Crippen molar-refractivity contribution in [3.8, 4) is 6.07 Å². The van der Waals surface area contributed by atoms with E-state index in [1.807, 2.05) is 0 Å². The first-order valence-corrected chi connectivity index (χ1v) is 6.07. The van der Waals surface area contributed by atoms with Gasteiger partial charge in [0, 0.05) is 5.56 Å². The van der Waals surface area contributed by atoms with Crippen LogP contribution in [0.3, 0.4) is 0 Å². The normalized spacial score (nSPS) is 9.81. The Morgan fingerprint density at radius 3 is 2.86 bits per heavy atom. The number of hydrogen-bond donors (Lipinski definition) is 3. The van der Waals surface area contributed by atoms with Crippen LogP contribution in [0, 0.1) is 17.1 Å². The van der Waals surface area contributed by atoms with Crippen molar-refractivity contribution in [2.75, 3.05) is 10.7 Å². The Kier molecular flexibility index (Phi) is 4.33. The number of anilines is 2. The highest BCUT2D eigenvalue weighted by Crippen LogP contribution is 2.20. The number of amides is 1. The van der Waals surface area contributed by atoms with Crippen molar-refractivity contribution in [2.45, 2.75) is 0 Å². The van der Waals surface area contributed by atoms with Crippen molar-refractivity contribution in [1.29, 1.82) is 5.26 Å². The Labute approximate surface area is 124 Å².